The van der Waals surface area contributed by atoms with Gasteiger partial charge in [-0.1, -0.05) is 11.6 Å². The Bertz CT molecular complexity index is 391. The van der Waals surface area contributed by atoms with Crippen molar-refractivity contribution < 1.29 is 9.90 Å². The molecular formula is C13H20N2O2. The molecule has 0 unspecified atom stereocenters. The zero-order chi connectivity index (χ0) is 12.8. The first-order valence-electron chi connectivity index (χ1n) is 5.89. The van der Waals surface area contributed by atoms with Gasteiger partial charge in [-0.3, -0.25) is 4.79 Å². The summed E-state index contributed by atoms with van der Waals surface area (Å²) >= 11 is 0. The Morgan fingerprint density at radius 3 is 2.76 bits per heavy atom. The summed E-state index contributed by atoms with van der Waals surface area (Å²) in [5.41, 5.74) is 6.76. The van der Waals surface area contributed by atoms with Crippen LogP contribution < -0.4 is 5.73 Å². The van der Waals surface area contributed by atoms with Gasteiger partial charge in [-0.2, -0.15) is 0 Å². The van der Waals surface area contributed by atoms with E-state index in [-0.39, 0.29) is 11.7 Å². The lowest BCUT2D eigenvalue weighted by Gasteiger charge is -2.21. The van der Waals surface area contributed by atoms with E-state index in [1.54, 1.807) is 23.1 Å². The third-order valence-electron chi connectivity index (χ3n) is 2.68. The van der Waals surface area contributed by atoms with Crippen molar-refractivity contribution in [1.82, 2.24) is 4.90 Å². The van der Waals surface area contributed by atoms with E-state index in [9.17, 15) is 9.90 Å². The monoisotopic (exact) mass is 236 g/mol. The maximum absolute atomic E-state index is 12.2. The number of phenols is 1. The second-order valence-corrected chi connectivity index (χ2v) is 4.05. The van der Waals surface area contributed by atoms with E-state index in [2.05, 4.69) is 0 Å². The molecule has 0 aromatic heterocycles. The Labute approximate surface area is 102 Å². The van der Waals surface area contributed by atoms with Crippen molar-refractivity contribution in [3.63, 3.8) is 0 Å². The lowest BCUT2D eigenvalue weighted by atomic mass is 10.1. The molecule has 0 spiro atoms. The molecule has 1 rings (SSSR count). The highest BCUT2D eigenvalue weighted by Gasteiger charge is 2.17. The molecule has 0 heterocycles. The van der Waals surface area contributed by atoms with Gasteiger partial charge >= 0.3 is 0 Å². The zero-order valence-corrected chi connectivity index (χ0v) is 10.4. The topological polar surface area (TPSA) is 66.6 Å². The van der Waals surface area contributed by atoms with E-state index in [4.69, 9.17) is 5.73 Å². The Morgan fingerprint density at radius 2 is 2.18 bits per heavy atom. The molecule has 0 saturated heterocycles. The molecule has 0 radical (unpaired) electrons. The summed E-state index contributed by atoms with van der Waals surface area (Å²) in [6, 6.07) is 5.05. The van der Waals surface area contributed by atoms with Gasteiger partial charge in [0.2, 0.25) is 0 Å². The van der Waals surface area contributed by atoms with Crippen molar-refractivity contribution in [2.75, 3.05) is 19.6 Å². The molecular weight excluding hydrogens is 216 g/mol. The van der Waals surface area contributed by atoms with Gasteiger partial charge in [-0.15, -0.1) is 0 Å². The van der Waals surface area contributed by atoms with Crippen LogP contribution in [0.4, 0.5) is 0 Å². The van der Waals surface area contributed by atoms with Crippen molar-refractivity contribution in [2.45, 2.75) is 20.3 Å². The number of nitrogens with two attached hydrogens (primary N) is 1. The standard InChI is InChI=1S/C13H20N2O2/c1-3-15(8-4-7-14)13(17)11-9-10(2)5-6-12(11)16/h5-6,9,16H,3-4,7-8,14H2,1-2H3. The number of aromatic hydroxyl groups is 1. The number of phenolic OH excluding ortho intramolecular Hbond substituents is 1. The Kier molecular flexibility index (Phi) is 4.97. The first kappa shape index (κ1) is 13.5. The summed E-state index contributed by atoms with van der Waals surface area (Å²) in [7, 11) is 0. The van der Waals surface area contributed by atoms with Crippen LogP contribution in [0.1, 0.15) is 29.3 Å². The molecule has 0 aliphatic rings. The van der Waals surface area contributed by atoms with E-state index in [0.29, 0.717) is 25.2 Å². The summed E-state index contributed by atoms with van der Waals surface area (Å²) < 4.78 is 0. The van der Waals surface area contributed by atoms with Crippen molar-refractivity contribution >= 4 is 5.91 Å². The Balaban J connectivity index is 2.89. The fourth-order valence-corrected chi connectivity index (χ4v) is 1.68. The molecule has 3 N–H and O–H groups in total. The highest BCUT2D eigenvalue weighted by atomic mass is 16.3. The highest BCUT2D eigenvalue weighted by molar-refractivity contribution is 5.97. The number of hydrogen-bond donors (Lipinski definition) is 2. The smallest absolute Gasteiger partial charge is 0.257 e. The minimum absolute atomic E-state index is 0.0341. The number of carbonyl (C=O) groups is 1. The fraction of sp³-hybridized carbons (Fsp3) is 0.462. The molecule has 0 atom stereocenters. The van der Waals surface area contributed by atoms with Crippen LogP contribution in [0.2, 0.25) is 0 Å². The molecule has 4 heteroatoms. The summed E-state index contributed by atoms with van der Waals surface area (Å²) in [5, 5.41) is 9.70. The van der Waals surface area contributed by atoms with Crippen molar-refractivity contribution in [3.05, 3.63) is 29.3 Å². The zero-order valence-electron chi connectivity index (χ0n) is 10.4. The number of hydrogen-bond acceptors (Lipinski definition) is 3. The van der Waals surface area contributed by atoms with Crippen LogP contribution in [0.15, 0.2) is 18.2 Å². The molecule has 4 nitrogen and oxygen atoms in total. The second-order valence-electron chi connectivity index (χ2n) is 4.05. The fourth-order valence-electron chi connectivity index (χ4n) is 1.68. The minimum Gasteiger partial charge on any atom is -0.507 e. The summed E-state index contributed by atoms with van der Waals surface area (Å²) in [6.45, 7) is 5.61. The van der Waals surface area contributed by atoms with E-state index in [1.165, 1.54) is 0 Å². The van der Waals surface area contributed by atoms with E-state index in [1.807, 2.05) is 13.8 Å². The van der Waals surface area contributed by atoms with Crippen LogP contribution in [0.5, 0.6) is 5.75 Å². The van der Waals surface area contributed by atoms with E-state index >= 15 is 0 Å². The number of amides is 1. The second kappa shape index (κ2) is 6.25. The molecule has 0 saturated carbocycles. The van der Waals surface area contributed by atoms with Crippen LogP contribution in [-0.4, -0.2) is 35.5 Å². The molecule has 17 heavy (non-hydrogen) atoms. The number of carbonyl (C=O) groups excluding carboxylic acids is 1. The molecule has 0 bridgehead atoms. The summed E-state index contributed by atoms with van der Waals surface area (Å²) in [6.07, 6.45) is 0.770. The Morgan fingerprint density at radius 1 is 1.47 bits per heavy atom. The van der Waals surface area contributed by atoms with Gasteiger partial charge in [0.05, 0.1) is 5.56 Å². The molecule has 0 aliphatic heterocycles. The summed E-state index contributed by atoms with van der Waals surface area (Å²) in [5.74, 6) is -0.103. The lowest BCUT2D eigenvalue weighted by Crippen LogP contribution is -2.32. The lowest BCUT2D eigenvalue weighted by molar-refractivity contribution is 0.0760. The highest BCUT2D eigenvalue weighted by Crippen LogP contribution is 2.20. The average Bonchev–Trinajstić information content (AvgIpc) is 2.33. The van der Waals surface area contributed by atoms with Crippen molar-refractivity contribution in [2.24, 2.45) is 5.73 Å². The number of rotatable bonds is 5. The van der Waals surface area contributed by atoms with Crippen LogP contribution >= 0.6 is 0 Å². The molecule has 0 fully saturated rings. The molecule has 0 aliphatic carbocycles. The minimum atomic E-state index is -0.137. The van der Waals surface area contributed by atoms with Gasteiger partial charge in [-0.25, -0.2) is 0 Å². The van der Waals surface area contributed by atoms with Crippen LogP contribution in [-0.2, 0) is 0 Å². The van der Waals surface area contributed by atoms with Gasteiger partial charge in [-0.05, 0) is 38.9 Å². The van der Waals surface area contributed by atoms with Crippen LogP contribution in [0.25, 0.3) is 0 Å². The van der Waals surface area contributed by atoms with Crippen molar-refractivity contribution in [3.8, 4) is 5.75 Å². The molecule has 94 valence electrons. The molecule has 1 aromatic rings. The number of aryl methyl sites for hydroxylation is 1. The van der Waals surface area contributed by atoms with Gasteiger partial charge in [0.15, 0.2) is 0 Å². The Hall–Kier alpha value is -1.55. The number of benzene rings is 1. The van der Waals surface area contributed by atoms with E-state index in [0.717, 1.165) is 12.0 Å². The average molecular weight is 236 g/mol. The first-order chi connectivity index (χ1) is 8.10. The largest absolute Gasteiger partial charge is 0.507 e. The van der Waals surface area contributed by atoms with Crippen molar-refractivity contribution in [1.29, 1.82) is 0 Å². The predicted molar refractivity (Wildman–Crippen MR) is 68.1 cm³/mol. The molecule has 1 amide bonds. The number of nitrogens with zero attached hydrogens (tertiary/aromatic N) is 1. The molecule has 1 aromatic carbocycles. The maximum atomic E-state index is 12.2. The quantitative estimate of drug-likeness (QED) is 0.814. The maximum Gasteiger partial charge on any atom is 0.257 e. The van der Waals surface area contributed by atoms with E-state index < -0.39 is 0 Å². The predicted octanol–water partition coefficient (Wildman–Crippen LogP) is 1.51. The van der Waals surface area contributed by atoms with Gasteiger partial charge < -0.3 is 15.7 Å². The first-order valence-corrected chi connectivity index (χ1v) is 5.89. The third kappa shape index (κ3) is 3.46. The van der Waals surface area contributed by atoms with Crippen LogP contribution in [0, 0.1) is 6.92 Å². The normalized spacial score (nSPS) is 10.3. The summed E-state index contributed by atoms with van der Waals surface area (Å²) in [4.78, 5) is 13.9. The van der Waals surface area contributed by atoms with Crippen LogP contribution in [0.3, 0.4) is 0 Å². The van der Waals surface area contributed by atoms with Gasteiger partial charge in [0.1, 0.15) is 5.75 Å². The van der Waals surface area contributed by atoms with Gasteiger partial charge in [0, 0.05) is 13.1 Å². The SMILES string of the molecule is CCN(CCCN)C(=O)c1cc(C)ccc1O. The third-order valence-corrected chi connectivity index (χ3v) is 2.68. The van der Waals surface area contributed by atoms with Gasteiger partial charge in [0.25, 0.3) is 5.91 Å².